The van der Waals surface area contributed by atoms with Crippen molar-refractivity contribution in [2.24, 2.45) is 11.8 Å². The number of aliphatic carboxylic acids is 1. The van der Waals surface area contributed by atoms with Crippen molar-refractivity contribution in [1.29, 1.82) is 0 Å². The van der Waals surface area contributed by atoms with Crippen LogP contribution in [0.5, 0.6) is 0 Å². The number of hydrogen-bond acceptors (Lipinski definition) is 4. The number of anilines is 1. The third-order valence-electron chi connectivity index (χ3n) is 3.93. The van der Waals surface area contributed by atoms with Crippen LogP contribution in [0.4, 0.5) is 11.4 Å². The highest BCUT2D eigenvalue weighted by molar-refractivity contribution is 6.30. The monoisotopic (exact) mass is 312 g/mol. The van der Waals surface area contributed by atoms with Crippen LogP contribution in [0.25, 0.3) is 0 Å². The quantitative estimate of drug-likeness (QED) is 0.640. The smallest absolute Gasteiger partial charge is 0.306 e. The summed E-state index contributed by atoms with van der Waals surface area (Å²) < 4.78 is 0. The van der Waals surface area contributed by atoms with Crippen LogP contribution in [0, 0.1) is 22.0 Å². The molecule has 7 heteroatoms. The maximum atomic E-state index is 11.0. The lowest BCUT2D eigenvalue weighted by Crippen LogP contribution is -2.25. The molecule has 0 heterocycles. The molecule has 1 aromatic carbocycles. The molecule has 2 rings (SSSR count). The SMILES string of the molecule is O=C(O)C1CCC(CNc2ccc(Cl)cc2[N+](=O)[O-])CC1. The number of carboxylic acids is 1. The van der Waals surface area contributed by atoms with Crippen molar-refractivity contribution < 1.29 is 14.8 Å². The van der Waals surface area contributed by atoms with Gasteiger partial charge in [-0.25, -0.2) is 0 Å². The van der Waals surface area contributed by atoms with E-state index < -0.39 is 10.9 Å². The number of nitrogens with one attached hydrogen (secondary N) is 1. The second-order valence-electron chi connectivity index (χ2n) is 5.36. The van der Waals surface area contributed by atoms with Gasteiger partial charge >= 0.3 is 5.97 Å². The summed E-state index contributed by atoms with van der Waals surface area (Å²) in [5.74, 6) is -0.628. The second-order valence-corrected chi connectivity index (χ2v) is 5.79. The molecule has 1 fully saturated rings. The van der Waals surface area contributed by atoms with Gasteiger partial charge in [-0.15, -0.1) is 0 Å². The van der Waals surface area contributed by atoms with Gasteiger partial charge in [0.1, 0.15) is 5.69 Å². The van der Waals surface area contributed by atoms with Crippen molar-refractivity contribution in [1.82, 2.24) is 0 Å². The Hall–Kier alpha value is -1.82. The normalized spacial score (nSPS) is 21.8. The second kappa shape index (κ2) is 6.76. The summed E-state index contributed by atoms with van der Waals surface area (Å²) in [5.41, 5.74) is 0.409. The average molecular weight is 313 g/mol. The molecule has 114 valence electrons. The first kappa shape index (κ1) is 15.6. The Balaban J connectivity index is 1.92. The molecule has 6 nitrogen and oxygen atoms in total. The third kappa shape index (κ3) is 4.07. The van der Waals surface area contributed by atoms with Crippen LogP contribution in [0.2, 0.25) is 5.02 Å². The summed E-state index contributed by atoms with van der Waals surface area (Å²) in [5, 5.41) is 23.4. The van der Waals surface area contributed by atoms with Gasteiger partial charge in [0.15, 0.2) is 0 Å². The van der Waals surface area contributed by atoms with Crippen molar-refractivity contribution in [3.8, 4) is 0 Å². The molecule has 0 bridgehead atoms. The summed E-state index contributed by atoms with van der Waals surface area (Å²) in [6.07, 6.45) is 2.99. The molecule has 0 unspecified atom stereocenters. The van der Waals surface area contributed by atoms with Crippen LogP contribution in [-0.2, 0) is 4.79 Å². The van der Waals surface area contributed by atoms with Gasteiger partial charge in [0.25, 0.3) is 5.69 Å². The predicted molar refractivity (Wildman–Crippen MR) is 79.7 cm³/mol. The van der Waals surface area contributed by atoms with Crippen molar-refractivity contribution in [3.05, 3.63) is 33.3 Å². The van der Waals surface area contributed by atoms with Crippen LogP contribution >= 0.6 is 11.6 Å². The topological polar surface area (TPSA) is 92.5 Å². The number of nitrogens with zero attached hydrogens (tertiary/aromatic N) is 1. The number of carboxylic acid groups (broad SMARTS) is 1. The van der Waals surface area contributed by atoms with E-state index in [0.29, 0.717) is 36.0 Å². The average Bonchev–Trinajstić information content (AvgIpc) is 2.46. The van der Waals surface area contributed by atoms with Crippen molar-refractivity contribution >= 4 is 28.9 Å². The van der Waals surface area contributed by atoms with E-state index in [1.54, 1.807) is 12.1 Å². The Morgan fingerprint density at radius 2 is 2.05 bits per heavy atom. The van der Waals surface area contributed by atoms with E-state index >= 15 is 0 Å². The number of nitro benzene ring substituents is 1. The predicted octanol–water partition coefficient (Wildman–Crippen LogP) is 3.55. The molecule has 21 heavy (non-hydrogen) atoms. The van der Waals surface area contributed by atoms with E-state index in [-0.39, 0.29) is 11.6 Å². The third-order valence-corrected chi connectivity index (χ3v) is 4.17. The Bertz CT molecular complexity index is 542. The van der Waals surface area contributed by atoms with Crippen molar-refractivity contribution in [3.63, 3.8) is 0 Å². The van der Waals surface area contributed by atoms with Crippen LogP contribution in [0.15, 0.2) is 18.2 Å². The fourth-order valence-corrected chi connectivity index (χ4v) is 2.84. The maximum absolute atomic E-state index is 11.0. The molecule has 0 amide bonds. The van der Waals surface area contributed by atoms with E-state index in [4.69, 9.17) is 16.7 Å². The van der Waals surface area contributed by atoms with E-state index in [0.717, 1.165) is 12.8 Å². The molecule has 2 N–H and O–H groups in total. The molecule has 0 saturated heterocycles. The minimum atomic E-state index is -0.727. The lowest BCUT2D eigenvalue weighted by Gasteiger charge is -2.26. The summed E-state index contributed by atoms with van der Waals surface area (Å²) in [4.78, 5) is 21.4. The zero-order valence-electron chi connectivity index (χ0n) is 11.4. The number of nitro groups is 1. The van der Waals surface area contributed by atoms with E-state index in [9.17, 15) is 14.9 Å². The highest BCUT2D eigenvalue weighted by Gasteiger charge is 2.26. The van der Waals surface area contributed by atoms with Crippen LogP contribution in [0.1, 0.15) is 25.7 Å². The summed E-state index contributed by atoms with van der Waals surface area (Å²) >= 11 is 5.77. The number of halogens is 1. The molecule has 1 saturated carbocycles. The van der Waals surface area contributed by atoms with E-state index in [1.165, 1.54) is 6.07 Å². The number of benzene rings is 1. The lowest BCUT2D eigenvalue weighted by atomic mass is 9.82. The van der Waals surface area contributed by atoms with Crippen LogP contribution in [-0.4, -0.2) is 22.5 Å². The van der Waals surface area contributed by atoms with Crippen LogP contribution in [0.3, 0.4) is 0 Å². The fourth-order valence-electron chi connectivity index (χ4n) is 2.67. The fraction of sp³-hybridized carbons (Fsp3) is 0.500. The first-order valence-corrected chi connectivity index (χ1v) is 7.25. The molecule has 0 aromatic heterocycles. The van der Waals surface area contributed by atoms with Gasteiger partial charge in [0, 0.05) is 17.6 Å². The number of carbonyl (C=O) groups is 1. The Morgan fingerprint density at radius 3 is 2.62 bits per heavy atom. The molecular weight excluding hydrogens is 296 g/mol. The van der Waals surface area contributed by atoms with Crippen LogP contribution < -0.4 is 5.32 Å². The Morgan fingerprint density at radius 1 is 1.38 bits per heavy atom. The summed E-state index contributed by atoms with van der Waals surface area (Å²) in [6, 6.07) is 4.53. The first-order chi connectivity index (χ1) is 9.97. The highest BCUT2D eigenvalue weighted by Crippen LogP contribution is 2.31. The summed E-state index contributed by atoms with van der Waals surface area (Å²) in [7, 11) is 0. The largest absolute Gasteiger partial charge is 0.481 e. The maximum Gasteiger partial charge on any atom is 0.306 e. The van der Waals surface area contributed by atoms with Gasteiger partial charge in [-0.05, 0) is 43.7 Å². The number of rotatable bonds is 5. The van der Waals surface area contributed by atoms with Gasteiger partial charge in [-0.1, -0.05) is 11.6 Å². The standard InChI is InChI=1S/C14H17ClN2O4/c15-11-5-6-12(13(7-11)17(20)21)16-8-9-1-3-10(4-2-9)14(18)19/h5-7,9-10,16H,1-4,8H2,(H,18,19). The zero-order chi connectivity index (χ0) is 15.4. The minimum Gasteiger partial charge on any atom is -0.481 e. The van der Waals surface area contributed by atoms with Gasteiger partial charge in [0.05, 0.1) is 10.8 Å². The molecule has 1 aliphatic rings. The first-order valence-electron chi connectivity index (χ1n) is 6.88. The number of hydrogen-bond donors (Lipinski definition) is 2. The molecule has 1 aromatic rings. The molecular formula is C14H17ClN2O4. The minimum absolute atomic E-state index is 0.0401. The van der Waals surface area contributed by atoms with Gasteiger partial charge < -0.3 is 10.4 Å². The summed E-state index contributed by atoms with van der Waals surface area (Å²) in [6.45, 7) is 0.606. The molecule has 0 aliphatic heterocycles. The molecule has 1 aliphatic carbocycles. The molecule has 0 spiro atoms. The molecule has 0 radical (unpaired) electrons. The Kier molecular flexibility index (Phi) is 5.01. The van der Waals surface area contributed by atoms with Gasteiger partial charge in [-0.3, -0.25) is 14.9 Å². The highest BCUT2D eigenvalue weighted by atomic mass is 35.5. The van der Waals surface area contributed by atoms with E-state index in [2.05, 4.69) is 5.32 Å². The van der Waals surface area contributed by atoms with Crippen molar-refractivity contribution in [2.75, 3.05) is 11.9 Å². The molecule has 0 atom stereocenters. The Labute approximate surface area is 127 Å². The lowest BCUT2D eigenvalue weighted by molar-refractivity contribution is -0.383. The van der Waals surface area contributed by atoms with E-state index in [1.807, 2.05) is 0 Å². The van der Waals surface area contributed by atoms with Gasteiger partial charge in [-0.2, -0.15) is 0 Å². The van der Waals surface area contributed by atoms with Crippen molar-refractivity contribution in [2.45, 2.75) is 25.7 Å². The zero-order valence-corrected chi connectivity index (χ0v) is 12.2. The van der Waals surface area contributed by atoms with Gasteiger partial charge in [0.2, 0.25) is 0 Å².